The Balaban J connectivity index is 0.987. The standard InChI is InChI=1S/C52H33NO2/c1-2-10-37-32-40(20-19-34(37)9-1)39-12-7-11-38(31-39)35-21-25-41(26-22-35)53(43-29-30-47-45-13-3-5-17-49(45)54-51(47)33-43)42-27-23-36(24-28-42)44-15-8-16-48-46-14-4-6-18-50(46)55-52(44)48/h1-33H. The summed E-state index contributed by atoms with van der Waals surface area (Å²) in [6.07, 6.45) is 0. The summed E-state index contributed by atoms with van der Waals surface area (Å²) in [4.78, 5) is 2.30. The normalized spacial score (nSPS) is 11.6. The van der Waals surface area contributed by atoms with Crippen molar-refractivity contribution in [1.82, 2.24) is 0 Å². The molecule has 0 saturated carbocycles. The second kappa shape index (κ2) is 12.6. The maximum absolute atomic E-state index is 6.40. The van der Waals surface area contributed by atoms with Gasteiger partial charge in [0.05, 0.1) is 0 Å². The Morgan fingerprint density at radius 3 is 1.62 bits per heavy atom. The molecule has 55 heavy (non-hydrogen) atoms. The van der Waals surface area contributed by atoms with Crippen LogP contribution in [0.15, 0.2) is 209 Å². The maximum atomic E-state index is 6.40. The number of rotatable bonds is 6. The number of hydrogen-bond donors (Lipinski definition) is 0. The van der Waals surface area contributed by atoms with Gasteiger partial charge < -0.3 is 13.7 Å². The fourth-order valence-corrected chi connectivity index (χ4v) is 8.12. The summed E-state index contributed by atoms with van der Waals surface area (Å²) in [5, 5.41) is 6.98. The predicted octanol–water partition coefficient (Wildman–Crippen LogP) is 15.1. The van der Waals surface area contributed by atoms with Gasteiger partial charge in [0.1, 0.15) is 22.3 Å². The first kappa shape index (κ1) is 31.2. The Hall–Kier alpha value is -7.36. The maximum Gasteiger partial charge on any atom is 0.143 e. The molecule has 9 aromatic carbocycles. The molecule has 11 aromatic rings. The summed E-state index contributed by atoms with van der Waals surface area (Å²) in [5.41, 5.74) is 13.6. The predicted molar refractivity (Wildman–Crippen MR) is 229 cm³/mol. The van der Waals surface area contributed by atoms with Gasteiger partial charge in [0.25, 0.3) is 0 Å². The van der Waals surface area contributed by atoms with Crippen LogP contribution in [0.4, 0.5) is 17.1 Å². The minimum absolute atomic E-state index is 0.860. The van der Waals surface area contributed by atoms with Crippen LogP contribution in [0.2, 0.25) is 0 Å². The molecule has 2 heterocycles. The van der Waals surface area contributed by atoms with Gasteiger partial charge in [-0.2, -0.15) is 0 Å². The van der Waals surface area contributed by atoms with Crippen LogP contribution in [0.5, 0.6) is 0 Å². The Bertz CT molecular complexity index is 3200. The number of nitrogens with zero attached hydrogens (tertiary/aromatic N) is 1. The van der Waals surface area contributed by atoms with Crippen LogP contribution in [0.1, 0.15) is 0 Å². The summed E-state index contributed by atoms with van der Waals surface area (Å²) in [6, 6.07) is 71.0. The Labute approximate surface area is 317 Å². The molecule has 0 bridgehead atoms. The minimum Gasteiger partial charge on any atom is -0.456 e. The number of fused-ring (bicyclic) bond motifs is 7. The zero-order valence-electron chi connectivity index (χ0n) is 29.8. The van der Waals surface area contributed by atoms with Gasteiger partial charge in [-0.05, 0) is 99.3 Å². The van der Waals surface area contributed by atoms with Crippen LogP contribution in [0.25, 0.3) is 88.0 Å². The molecular formula is C52H33NO2. The summed E-state index contributed by atoms with van der Waals surface area (Å²) in [6.45, 7) is 0. The number of anilines is 3. The number of para-hydroxylation sites is 3. The highest BCUT2D eigenvalue weighted by molar-refractivity contribution is 6.10. The van der Waals surface area contributed by atoms with E-state index in [4.69, 9.17) is 8.83 Å². The zero-order valence-corrected chi connectivity index (χ0v) is 29.8. The molecule has 11 rings (SSSR count). The van der Waals surface area contributed by atoms with Crippen molar-refractivity contribution in [2.45, 2.75) is 0 Å². The van der Waals surface area contributed by atoms with Crippen LogP contribution in [0.3, 0.4) is 0 Å². The van der Waals surface area contributed by atoms with Crippen molar-refractivity contribution in [3.63, 3.8) is 0 Å². The molecule has 0 spiro atoms. The molecule has 2 aromatic heterocycles. The van der Waals surface area contributed by atoms with E-state index in [1.54, 1.807) is 0 Å². The zero-order chi connectivity index (χ0) is 36.3. The van der Waals surface area contributed by atoms with Gasteiger partial charge in [-0.25, -0.2) is 0 Å². The molecule has 0 aliphatic carbocycles. The molecule has 0 atom stereocenters. The van der Waals surface area contributed by atoms with E-state index >= 15 is 0 Å². The van der Waals surface area contributed by atoms with Crippen LogP contribution in [-0.4, -0.2) is 0 Å². The lowest BCUT2D eigenvalue weighted by Gasteiger charge is -2.26. The van der Waals surface area contributed by atoms with Crippen molar-refractivity contribution < 1.29 is 8.83 Å². The van der Waals surface area contributed by atoms with Gasteiger partial charge in [-0.1, -0.05) is 133 Å². The van der Waals surface area contributed by atoms with Crippen molar-refractivity contribution in [3.05, 3.63) is 200 Å². The summed E-state index contributed by atoms with van der Waals surface area (Å²) < 4.78 is 12.8. The van der Waals surface area contributed by atoms with Gasteiger partial charge in [0, 0.05) is 50.2 Å². The lowest BCUT2D eigenvalue weighted by atomic mass is 9.97. The number of benzene rings is 9. The van der Waals surface area contributed by atoms with E-state index in [0.717, 1.165) is 77.6 Å². The molecule has 0 saturated heterocycles. The average molecular weight is 704 g/mol. The lowest BCUT2D eigenvalue weighted by Crippen LogP contribution is -2.09. The molecular weight excluding hydrogens is 671 g/mol. The molecule has 3 nitrogen and oxygen atoms in total. The fraction of sp³-hybridized carbons (Fsp3) is 0. The van der Waals surface area contributed by atoms with E-state index in [0.29, 0.717) is 0 Å². The van der Waals surface area contributed by atoms with Crippen molar-refractivity contribution in [2.75, 3.05) is 4.90 Å². The third-order valence-electron chi connectivity index (χ3n) is 10.9. The second-order valence-corrected chi connectivity index (χ2v) is 14.1. The fourth-order valence-electron chi connectivity index (χ4n) is 8.12. The summed E-state index contributed by atoms with van der Waals surface area (Å²) in [5.74, 6) is 0. The molecule has 0 amide bonds. The van der Waals surface area contributed by atoms with Crippen molar-refractivity contribution in [3.8, 4) is 33.4 Å². The third-order valence-corrected chi connectivity index (χ3v) is 10.9. The minimum atomic E-state index is 0.860. The van der Waals surface area contributed by atoms with Gasteiger partial charge in [-0.15, -0.1) is 0 Å². The highest BCUT2D eigenvalue weighted by atomic mass is 16.3. The van der Waals surface area contributed by atoms with Crippen LogP contribution >= 0.6 is 0 Å². The highest BCUT2D eigenvalue weighted by Crippen LogP contribution is 2.41. The van der Waals surface area contributed by atoms with Crippen molar-refractivity contribution in [1.29, 1.82) is 0 Å². The Morgan fingerprint density at radius 2 is 0.836 bits per heavy atom. The van der Waals surface area contributed by atoms with E-state index in [9.17, 15) is 0 Å². The molecule has 0 unspecified atom stereocenters. The number of hydrogen-bond acceptors (Lipinski definition) is 3. The van der Waals surface area contributed by atoms with E-state index in [1.807, 2.05) is 24.3 Å². The molecule has 0 aliphatic heterocycles. The first-order valence-electron chi connectivity index (χ1n) is 18.7. The lowest BCUT2D eigenvalue weighted by molar-refractivity contribution is 0.669. The van der Waals surface area contributed by atoms with Crippen molar-refractivity contribution >= 4 is 71.7 Å². The molecule has 0 radical (unpaired) electrons. The van der Waals surface area contributed by atoms with Crippen LogP contribution < -0.4 is 4.90 Å². The molecule has 3 heteroatoms. The first-order valence-corrected chi connectivity index (χ1v) is 18.7. The monoisotopic (exact) mass is 703 g/mol. The second-order valence-electron chi connectivity index (χ2n) is 14.1. The molecule has 0 aliphatic rings. The van der Waals surface area contributed by atoms with Gasteiger partial charge in [0.15, 0.2) is 0 Å². The molecule has 258 valence electrons. The third kappa shape index (κ3) is 5.36. The summed E-state index contributed by atoms with van der Waals surface area (Å²) in [7, 11) is 0. The quantitative estimate of drug-likeness (QED) is 0.173. The van der Waals surface area contributed by atoms with Crippen molar-refractivity contribution in [2.24, 2.45) is 0 Å². The first-order chi connectivity index (χ1) is 27.2. The topological polar surface area (TPSA) is 29.5 Å². The molecule has 0 N–H and O–H groups in total. The average Bonchev–Trinajstić information content (AvgIpc) is 3.82. The van der Waals surface area contributed by atoms with E-state index < -0.39 is 0 Å². The van der Waals surface area contributed by atoms with Gasteiger partial charge in [0.2, 0.25) is 0 Å². The van der Waals surface area contributed by atoms with E-state index in [-0.39, 0.29) is 0 Å². The smallest absolute Gasteiger partial charge is 0.143 e. The Kier molecular flexibility index (Phi) is 7.17. The van der Waals surface area contributed by atoms with Crippen LogP contribution in [-0.2, 0) is 0 Å². The summed E-state index contributed by atoms with van der Waals surface area (Å²) >= 11 is 0. The van der Waals surface area contributed by atoms with E-state index in [2.05, 4.69) is 181 Å². The van der Waals surface area contributed by atoms with E-state index in [1.165, 1.54) is 27.5 Å². The Morgan fingerprint density at radius 1 is 0.291 bits per heavy atom. The largest absolute Gasteiger partial charge is 0.456 e. The van der Waals surface area contributed by atoms with Crippen LogP contribution in [0, 0.1) is 0 Å². The SMILES string of the molecule is c1cc(-c2ccc(N(c3ccc(-c4cccc5c4oc4ccccc45)cc3)c3ccc4c(c3)oc3ccccc34)cc2)cc(-c2ccc3ccccc3c2)c1. The van der Waals surface area contributed by atoms with Gasteiger partial charge >= 0.3 is 0 Å². The highest BCUT2D eigenvalue weighted by Gasteiger charge is 2.17. The number of furan rings is 2. The molecule has 0 fully saturated rings. The van der Waals surface area contributed by atoms with Gasteiger partial charge in [-0.3, -0.25) is 0 Å².